The van der Waals surface area contributed by atoms with Gasteiger partial charge in [0, 0.05) is 18.7 Å². The van der Waals surface area contributed by atoms with Crippen molar-refractivity contribution in [3.63, 3.8) is 0 Å². The number of nitrogens with one attached hydrogen (secondary N) is 2. The van der Waals surface area contributed by atoms with Crippen LogP contribution in [-0.2, 0) is 6.42 Å². The molecule has 19 heavy (non-hydrogen) atoms. The van der Waals surface area contributed by atoms with Crippen molar-refractivity contribution in [3.05, 3.63) is 48.0 Å². The molecule has 0 saturated heterocycles. The molecular formula is C13H16N4O2. The van der Waals surface area contributed by atoms with Gasteiger partial charge in [-0.2, -0.15) is 0 Å². The molecule has 1 atom stereocenters. The molecule has 1 unspecified atom stereocenters. The Hall–Kier alpha value is -2.34. The third-order valence-corrected chi connectivity index (χ3v) is 2.65. The average Bonchev–Trinajstić information content (AvgIpc) is 2.91. The van der Waals surface area contributed by atoms with Gasteiger partial charge in [0.05, 0.1) is 11.8 Å². The van der Waals surface area contributed by atoms with E-state index < -0.39 is 0 Å². The summed E-state index contributed by atoms with van der Waals surface area (Å²) < 4.78 is 5.24. The fourth-order valence-corrected chi connectivity index (χ4v) is 1.79. The second-order valence-corrected chi connectivity index (χ2v) is 4.20. The monoisotopic (exact) mass is 260 g/mol. The van der Waals surface area contributed by atoms with Gasteiger partial charge in [0.15, 0.2) is 5.82 Å². The maximum atomic E-state index is 12.1. The Balaban J connectivity index is 2.00. The second kappa shape index (κ2) is 6.01. The van der Waals surface area contributed by atoms with E-state index in [1.54, 1.807) is 24.6 Å². The molecule has 100 valence electrons. The van der Waals surface area contributed by atoms with Crippen LogP contribution in [0.4, 0.5) is 5.82 Å². The van der Waals surface area contributed by atoms with Gasteiger partial charge < -0.3 is 15.2 Å². The topological polar surface area (TPSA) is 93.2 Å². The Morgan fingerprint density at radius 2 is 2.32 bits per heavy atom. The van der Waals surface area contributed by atoms with Gasteiger partial charge in [0.25, 0.3) is 5.91 Å². The van der Waals surface area contributed by atoms with Crippen molar-refractivity contribution < 1.29 is 9.21 Å². The molecule has 0 spiro atoms. The van der Waals surface area contributed by atoms with E-state index in [1.807, 2.05) is 19.1 Å². The molecule has 0 aliphatic rings. The lowest BCUT2D eigenvalue weighted by atomic mass is 10.1. The fourth-order valence-electron chi connectivity index (χ4n) is 1.79. The van der Waals surface area contributed by atoms with Gasteiger partial charge in [0.2, 0.25) is 0 Å². The van der Waals surface area contributed by atoms with Crippen molar-refractivity contribution in [2.45, 2.75) is 19.4 Å². The first kappa shape index (κ1) is 13.1. The quantitative estimate of drug-likeness (QED) is 0.557. The predicted molar refractivity (Wildman–Crippen MR) is 71.4 cm³/mol. The third-order valence-electron chi connectivity index (χ3n) is 2.65. The van der Waals surface area contributed by atoms with Crippen LogP contribution in [-0.4, -0.2) is 16.9 Å². The molecule has 0 aliphatic carbocycles. The van der Waals surface area contributed by atoms with E-state index in [0.717, 1.165) is 5.76 Å². The molecule has 6 heteroatoms. The highest BCUT2D eigenvalue weighted by atomic mass is 16.3. The minimum atomic E-state index is -0.222. The highest BCUT2D eigenvalue weighted by Crippen LogP contribution is 2.10. The lowest BCUT2D eigenvalue weighted by Gasteiger charge is -2.13. The van der Waals surface area contributed by atoms with Gasteiger partial charge >= 0.3 is 0 Å². The average molecular weight is 260 g/mol. The summed E-state index contributed by atoms with van der Waals surface area (Å²) in [5, 5.41) is 2.87. The fraction of sp³-hybridized carbons (Fsp3) is 0.231. The molecule has 2 rings (SSSR count). The van der Waals surface area contributed by atoms with Gasteiger partial charge in [-0.1, -0.05) is 0 Å². The number of anilines is 1. The number of nitrogens with zero attached hydrogens (tertiary/aromatic N) is 1. The second-order valence-electron chi connectivity index (χ2n) is 4.20. The molecule has 0 saturated carbocycles. The summed E-state index contributed by atoms with van der Waals surface area (Å²) in [5.41, 5.74) is 2.82. The molecule has 0 radical (unpaired) electrons. The van der Waals surface area contributed by atoms with Gasteiger partial charge in [-0.3, -0.25) is 4.79 Å². The normalized spacial score (nSPS) is 11.9. The minimum absolute atomic E-state index is 0.0514. The first-order chi connectivity index (χ1) is 9.20. The molecule has 1 amide bonds. The molecule has 4 N–H and O–H groups in total. The number of furan rings is 1. The minimum Gasteiger partial charge on any atom is -0.469 e. The number of carbonyl (C=O) groups excluding carboxylic acids is 1. The molecule has 2 aromatic heterocycles. The molecule has 0 aliphatic heterocycles. The summed E-state index contributed by atoms with van der Waals surface area (Å²) in [6, 6.07) is 7.00. The summed E-state index contributed by atoms with van der Waals surface area (Å²) in [6.07, 6.45) is 3.81. The van der Waals surface area contributed by atoms with Crippen LogP contribution >= 0.6 is 0 Å². The summed E-state index contributed by atoms with van der Waals surface area (Å²) >= 11 is 0. The highest BCUT2D eigenvalue weighted by molar-refractivity contribution is 5.98. The Bertz CT molecular complexity index is 539. The SMILES string of the molecule is CC(Cc1ccco1)NC(=O)c1cccnc1NN. The first-order valence-corrected chi connectivity index (χ1v) is 5.95. The number of nitrogen functional groups attached to an aromatic ring is 1. The standard InChI is InChI=1S/C13H16N4O2/c1-9(8-10-4-3-7-19-10)16-13(18)11-5-2-6-15-12(11)17-14/h2-7,9H,8,14H2,1H3,(H,15,17)(H,16,18). The van der Waals surface area contributed by atoms with Crippen LogP contribution in [0.5, 0.6) is 0 Å². The number of amides is 1. The zero-order valence-electron chi connectivity index (χ0n) is 10.6. The zero-order chi connectivity index (χ0) is 13.7. The number of aromatic nitrogens is 1. The largest absolute Gasteiger partial charge is 0.469 e. The Morgan fingerprint density at radius 3 is 3.00 bits per heavy atom. The Kier molecular flexibility index (Phi) is 4.15. The smallest absolute Gasteiger partial charge is 0.255 e. The number of carbonyl (C=O) groups is 1. The predicted octanol–water partition coefficient (Wildman–Crippen LogP) is 1.32. The number of rotatable bonds is 5. The number of nitrogens with two attached hydrogens (primary N) is 1. The molecule has 2 aromatic rings. The summed E-state index contributed by atoms with van der Waals surface area (Å²) in [4.78, 5) is 16.1. The van der Waals surface area contributed by atoms with E-state index in [1.165, 1.54) is 0 Å². The maximum Gasteiger partial charge on any atom is 0.255 e. The molecule has 6 nitrogen and oxygen atoms in total. The molecular weight excluding hydrogens is 244 g/mol. The summed E-state index contributed by atoms with van der Waals surface area (Å²) in [7, 11) is 0. The van der Waals surface area contributed by atoms with Crippen molar-refractivity contribution in [1.29, 1.82) is 0 Å². The van der Waals surface area contributed by atoms with E-state index in [0.29, 0.717) is 17.8 Å². The van der Waals surface area contributed by atoms with Crippen LogP contribution in [0.15, 0.2) is 41.1 Å². The zero-order valence-corrected chi connectivity index (χ0v) is 10.6. The van der Waals surface area contributed by atoms with Crippen LogP contribution in [0.1, 0.15) is 23.0 Å². The van der Waals surface area contributed by atoms with Crippen LogP contribution in [0, 0.1) is 0 Å². The van der Waals surface area contributed by atoms with Crippen LogP contribution in [0.3, 0.4) is 0 Å². The van der Waals surface area contributed by atoms with Crippen LogP contribution in [0.25, 0.3) is 0 Å². The molecule has 2 heterocycles. The number of pyridine rings is 1. The molecule has 0 fully saturated rings. The Morgan fingerprint density at radius 1 is 1.47 bits per heavy atom. The van der Waals surface area contributed by atoms with Crippen LogP contribution in [0.2, 0.25) is 0 Å². The van der Waals surface area contributed by atoms with Crippen molar-refractivity contribution >= 4 is 11.7 Å². The van der Waals surface area contributed by atoms with E-state index in [2.05, 4.69) is 15.7 Å². The van der Waals surface area contributed by atoms with Gasteiger partial charge in [-0.05, 0) is 31.2 Å². The van der Waals surface area contributed by atoms with Gasteiger partial charge in [-0.15, -0.1) is 0 Å². The number of hydrazine groups is 1. The van der Waals surface area contributed by atoms with Crippen molar-refractivity contribution in [1.82, 2.24) is 10.3 Å². The van der Waals surface area contributed by atoms with E-state index in [-0.39, 0.29) is 11.9 Å². The van der Waals surface area contributed by atoms with E-state index in [9.17, 15) is 4.79 Å². The van der Waals surface area contributed by atoms with Crippen molar-refractivity contribution in [2.24, 2.45) is 5.84 Å². The van der Waals surface area contributed by atoms with Gasteiger partial charge in [-0.25, -0.2) is 10.8 Å². The van der Waals surface area contributed by atoms with Crippen LogP contribution < -0.4 is 16.6 Å². The van der Waals surface area contributed by atoms with Crippen molar-refractivity contribution in [2.75, 3.05) is 5.43 Å². The Labute approximate surface area is 111 Å². The third kappa shape index (κ3) is 3.32. The summed E-state index contributed by atoms with van der Waals surface area (Å²) in [6.45, 7) is 1.91. The van der Waals surface area contributed by atoms with Crippen molar-refractivity contribution in [3.8, 4) is 0 Å². The molecule has 0 aromatic carbocycles. The van der Waals surface area contributed by atoms with E-state index in [4.69, 9.17) is 10.3 Å². The number of hydrogen-bond acceptors (Lipinski definition) is 5. The first-order valence-electron chi connectivity index (χ1n) is 5.95. The van der Waals surface area contributed by atoms with E-state index >= 15 is 0 Å². The van der Waals surface area contributed by atoms with Gasteiger partial charge in [0.1, 0.15) is 5.76 Å². The molecule has 0 bridgehead atoms. The lowest BCUT2D eigenvalue weighted by molar-refractivity contribution is 0.0940. The lowest BCUT2D eigenvalue weighted by Crippen LogP contribution is -2.34. The highest BCUT2D eigenvalue weighted by Gasteiger charge is 2.14. The maximum absolute atomic E-state index is 12.1. The number of hydrogen-bond donors (Lipinski definition) is 3. The summed E-state index contributed by atoms with van der Waals surface area (Å²) in [5.74, 6) is 6.28.